The van der Waals surface area contributed by atoms with Crippen LogP contribution in [0.25, 0.3) is 10.8 Å². The number of hydrogen-bond acceptors (Lipinski definition) is 3. The molecule has 3 nitrogen and oxygen atoms in total. The monoisotopic (exact) mass is 244 g/mol. The summed E-state index contributed by atoms with van der Waals surface area (Å²) < 4.78 is 5.60. The summed E-state index contributed by atoms with van der Waals surface area (Å²) in [6.45, 7) is 8.96. The molecule has 18 heavy (non-hydrogen) atoms. The average molecular weight is 244 g/mol. The highest BCUT2D eigenvalue weighted by Gasteiger charge is 2.10. The van der Waals surface area contributed by atoms with Crippen molar-refractivity contribution in [3.05, 3.63) is 30.0 Å². The molecule has 0 unspecified atom stereocenters. The van der Waals surface area contributed by atoms with Crippen LogP contribution in [0.3, 0.4) is 0 Å². The van der Waals surface area contributed by atoms with E-state index in [1.807, 2.05) is 19.2 Å². The second-order valence-electron chi connectivity index (χ2n) is 4.71. The molecule has 0 aliphatic heterocycles. The lowest BCUT2D eigenvalue weighted by molar-refractivity contribution is 0.331. The summed E-state index contributed by atoms with van der Waals surface area (Å²) >= 11 is 0. The lowest BCUT2D eigenvalue weighted by Crippen LogP contribution is -2.10. The number of fused-ring (bicyclic) bond motifs is 1. The second-order valence-corrected chi connectivity index (χ2v) is 4.71. The van der Waals surface area contributed by atoms with Gasteiger partial charge in [0.1, 0.15) is 0 Å². The van der Waals surface area contributed by atoms with E-state index in [0.29, 0.717) is 18.5 Å². The number of ether oxygens (including phenoxy) is 1. The fraction of sp³-hybridized carbons (Fsp3) is 0.400. The van der Waals surface area contributed by atoms with E-state index in [0.717, 1.165) is 16.6 Å². The van der Waals surface area contributed by atoms with Gasteiger partial charge in [-0.05, 0) is 45.4 Å². The van der Waals surface area contributed by atoms with Crippen molar-refractivity contribution in [2.75, 3.05) is 11.9 Å². The van der Waals surface area contributed by atoms with Gasteiger partial charge in [-0.1, -0.05) is 6.07 Å². The molecule has 1 aromatic carbocycles. The standard InChI is InChI=1S/C15H20N2O/c1-5-18-15-12-7-6-8-13(17-10(2)3)14(12)11(4)9-16-15/h6-10,17H,5H2,1-4H3. The van der Waals surface area contributed by atoms with E-state index in [4.69, 9.17) is 4.74 Å². The van der Waals surface area contributed by atoms with Gasteiger partial charge in [-0.15, -0.1) is 0 Å². The van der Waals surface area contributed by atoms with Crippen LogP contribution < -0.4 is 10.1 Å². The first-order valence-electron chi connectivity index (χ1n) is 6.41. The molecule has 2 rings (SSSR count). The number of anilines is 1. The Morgan fingerprint density at radius 3 is 2.78 bits per heavy atom. The van der Waals surface area contributed by atoms with Crippen LogP contribution in [0.5, 0.6) is 5.88 Å². The van der Waals surface area contributed by atoms with Gasteiger partial charge >= 0.3 is 0 Å². The number of pyridine rings is 1. The van der Waals surface area contributed by atoms with Gasteiger partial charge in [0.05, 0.1) is 6.61 Å². The lowest BCUT2D eigenvalue weighted by Gasteiger charge is -2.15. The van der Waals surface area contributed by atoms with E-state index in [1.54, 1.807) is 0 Å². The summed E-state index contributed by atoms with van der Waals surface area (Å²) in [5, 5.41) is 5.75. The first-order chi connectivity index (χ1) is 8.63. The first kappa shape index (κ1) is 12.7. The number of nitrogens with one attached hydrogen (secondary N) is 1. The van der Waals surface area contributed by atoms with E-state index in [1.165, 1.54) is 5.39 Å². The number of rotatable bonds is 4. The van der Waals surface area contributed by atoms with Crippen molar-refractivity contribution < 1.29 is 4.74 Å². The number of nitrogens with zero attached hydrogens (tertiary/aromatic N) is 1. The fourth-order valence-corrected chi connectivity index (χ4v) is 2.13. The average Bonchev–Trinajstić information content (AvgIpc) is 2.32. The van der Waals surface area contributed by atoms with Crippen LogP contribution in [-0.2, 0) is 0 Å². The minimum atomic E-state index is 0.402. The Labute approximate surface area is 108 Å². The minimum absolute atomic E-state index is 0.402. The molecule has 0 saturated carbocycles. The lowest BCUT2D eigenvalue weighted by atomic mass is 10.1. The third-order valence-electron chi connectivity index (χ3n) is 2.79. The van der Waals surface area contributed by atoms with Gasteiger partial charge in [0, 0.05) is 28.7 Å². The molecule has 3 heteroatoms. The molecular formula is C15H20N2O. The highest BCUT2D eigenvalue weighted by molar-refractivity contribution is 5.99. The molecular weight excluding hydrogens is 224 g/mol. The maximum absolute atomic E-state index is 5.60. The quantitative estimate of drug-likeness (QED) is 0.889. The zero-order chi connectivity index (χ0) is 13.1. The summed E-state index contributed by atoms with van der Waals surface area (Å²) in [6.07, 6.45) is 1.87. The molecule has 0 atom stereocenters. The molecule has 0 saturated heterocycles. The van der Waals surface area contributed by atoms with Crippen molar-refractivity contribution in [1.29, 1.82) is 0 Å². The molecule has 0 radical (unpaired) electrons. The summed E-state index contributed by atoms with van der Waals surface area (Å²) in [4.78, 5) is 4.37. The van der Waals surface area contributed by atoms with Crippen LogP contribution >= 0.6 is 0 Å². The van der Waals surface area contributed by atoms with Crippen molar-refractivity contribution in [2.45, 2.75) is 33.7 Å². The van der Waals surface area contributed by atoms with Crippen molar-refractivity contribution in [1.82, 2.24) is 4.98 Å². The van der Waals surface area contributed by atoms with E-state index in [2.05, 4.69) is 43.2 Å². The van der Waals surface area contributed by atoms with Gasteiger partial charge in [-0.3, -0.25) is 0 Å². The van der Waals surface area contributed by atoms with Crippen molar-refractivity contribution in [2.24, 2.45) is 0 Å². The SMILES string of the molecule is CCOc1ncc(C)c2c(NC(C)C)cccc12. The minimum Gasteiger partial charge on any atom is -0.478 e. The normalized spacial score (nSPS) is 10.9. The van der Waals surface area contributed by atoms with Crippen molar-refractivity contribution in [3.63, 3.8) is 0 Å². The van der Waals surface area contributed by atoms with Gasteiger partial charge < -0.3 is 10.1 Å². The molecule has 1 aromatic heterocycles. The predicted molar refractivity (Wildman–Crippen MR) is 76.4 cm³/mol. The fourth-order valence-electron chi connectivity index (χ4n) is 2.13. The van der Waals surface area contributed by atoms with Crippen LogP contribution in [0.15, 0.2) is 24.4 Å². The Hall–Kier alpha value is -1.77. The van der Waals surface area contributed by atoms with Crippen LogP contribution in [0.1, 0.15) is 26.3 Å². The zero-order valence-electron chi connectivity index (χ0n) is 11.4. The van der Waals surface area contributed by atoms with Gasteiger partial charge in [0.2, 0.25) is 5.88 Å². The van der Waals surface area contributed by atoms with E-state index in [9.17, 15) is 0 Å². The van der Waals surface area contributed by atoms with Gasteiger partial charge in [-0.2, -0.15) is 0 Å². The second kappa shape index (κ2) is 5.25. The highest BCUT2D eigenvalue weighted by Crippen LogP contribution is 2.32. The molecule has 2 aromatic rings. The van der Waals surface area contributed by atoms with Crippen molar-refractivity contribution in [3.8, 4) is 5.88 Å². The van der Waals surface area contributed by atoms with E-state index >= 15 is 0 Å². The molecule has 0 aliphatic rings. The Bertz CT molecular complexity index is 549. The molecule has 1 N–H and O–H groups in total. The predicted octanol–water partition coefficient (Wildman–Crippen LogP) is 3.76. The Morgan fingerprint density at radius 2 is 2.11 bits per heavy atom. The molecule has 0 aliphatic carbocycles. The first-order valence-corrected chi connectivity index (χ1v) is 6.41. The molecule has 0 bridgehead atoms. The van der Waals surface area contributed by atoms with Gasteiger partial charge in [-0.25, -0.2) is 4.98 Å². The van der Waals surface area contributed by atoms with Crippen LogP contribution in [0, 0.1) is 6.92 Å². The number of aryl methyl sites for hydroxylation is 1. The maximum atomic E-state index is 5.60. The third kappa shape index (κ3) is 2.40. The summed E-state index contributed by atoms with van der Waals surface area (Å²) in [5.41, 5.74) is 2.31. The Morgan fingerprint density at radius 1 is 1.33 bits per heavy atom. The molecule has 0 amide bonds. The van der Waals surface area contributed by atoms with Crippen molar-refractivity contribution >= 4 is 16.5 Å². The highest BCUT2D eigenvalue weighted by atomic mass is 16.5. The molecule has 0 spiro atoms. The molecule has 96 valence electrons. The smallest absolute Gasteiger partial charge is 0.221 e. The number of benzene rings is 1. The Kier molecular flexibility index (Phi) is 3.70. The Balaban J connectivity index is 2.63. The summed E-state index contributed by atoms with van der Waals surface area (Å²) in [5.74, 6) is 0.713. The maximum Gasteiger partial charge on any atom is 0.221 e. The van der Waals surface area contributed by atoms with Crippen LogP contribution in [0.4, 0.5) is 5.69 Å². The van der Waals surface area contributed by atoms with Crippen LogP contribution in [0.2, 0.25) is 0 Å². The number of hydrogen-bond donors (Lipinski definition) is 1. The number of aromatic nitrogens is 1. The largest absolute Gasteiger partial charge is 0.478 e. The third-order valence-corrected chi connectivity index (χ3v) is 2.79. The van der Waals surface area contributed by atoms with E-state index in [-0.39, 0.29) is 0 Å². The molecule has 0 fully saturated rings. The van der Waals surface area contributed by atoms with Crippen LogP contribution in [-0.4, -0.2) is 17.6 Å². The van der Waals surface area contributed by atoms with Gasteiger partial charge in [0.25, 0.3) is 0 Å². The summed E-state index contributed by atoms with van der Waals surface area (Å²) in [7, 11) is 0. The zero-order valence-corrected chi connectivity index (χ0v) is 11.4. The molecule has 1 heterocycles. The topological polar surface area (TPSA) is 34.1 Å². The van der Waals surface area contributed by atoms with Gasteiger partial charge in [0.15, 0.2) is 0 Å². The van der Waals surface area contributed by atoms with E-state index < -0.39 is 0 Å². The summed E-state index contributed by atoms with van der Waals surface area (Å²) in [6, 6.07) is 6.60.